The molecule has 2 aromatic rings. The Kier molecular flexibility index (Phi) is 5.09. The average Bonchev–Trinajstić information content (AvgIpc) is 2.90. The Morgan fingerprint density at radius 1 is 1.07 bits per heavy atom. The van der Waals surface area contributed by atoms with E-state index in [9.17, 15) is 34.9 Å². The molecule has 0 aliphatic carbocycles. The van der Waals surface area contributed by atoms with E-state index >= 15 is 0 Å². The third kappa shape index (κ3) is 3.83. The zero-order valence-corrected chi connectivity index (χ0v) is 14.8. The van der Waals surface area contributed by atoms with E-state index < -0.39 is 32.4 Å². The van der Waals surface area contributed by atoms with Crippen molar-refractivity contribution in [3.8, 4) is 5.75 Å². The second-order valence-corrected chi connectivity index (χ2v) is 6.69. The van der Waals surface area contributed by atoms with E-state index in [0.717, 1.165) is 17.0 Å². The molecule has 142 valence electrons. The molecule has 3 rings (SSSR count). The molecule has 0 spiro atoms. The van der Waals surface area contributed by atoms with Crippen LogP contribution in [-0.4, -0.2) is 31.0 Å². The molecule has 2 amide bonds. The van der Waals surface area contributed by atoms with Gasteiger partial charge in [0.15, 0.2) is 5.75 Å². The largest absolute Gasteiger partial charge is 0.502 e. The van der Waals surface area contributed by atoms with Crippen molar-refractivity contribution in [1.29, 1.82) is 0 Å². The molecule has 1 saturated heterocycles. The van der Waals surface area contributed by atoms with Gasteiger partial charge in [-0.2, -0.15) is 0 Å². The number of aromatic hydroxyl groups is 1. The van der Waals surface area contributed by atoms with Gasteiger partial charge in [0.1, 0.15) is 0 Å². The molecule has 0 radical (unpaired) electrons. The molecule has 11 heteroatoms. The van der Waals surface area contributed by atoms with Gasteiger partial charge in [-0.15, -0.1) is 0 Å². The van der Waals surface area contributed by atoms with Crippen molar-refractivity contribution in [3.63, 3.8) is 0 Å². The first-order valence-electron chi connectivity index (χ1n) is 7.72. The highest BCUT2D eigenvalue weighted by Crippen LogP contribution is 2.35. The summed E-state index contributed by atoms with van der Waals surface area (Å²) in [5.74, 6) is -1.13. The normalized spacial score (nSPS) is 15.3. The fraction of sp³-hybridized carbons (Fsp3) is 0.0588. The van der Waals surface area contributed by atoms with E-state index in [1.165, 1.54) is 30.3 Å². The van der Waals surface area contributed by atoms with Gasteiger partial charge in [0.2, 0.25) is 0 Å². The van der Waals surface area contributed by atoms with E-state index in [4.69, 9.17) is 0 Å². The van der Waals surface area contributed by atoms with Crippen molar-refractivity contribution in [2.75, 3.05) is 0 Å². The molecule has 1 heterocycles. The smallest absolute Gasteiger partial charge is 0.311 e. The molecule has 0 unspecified atom stereocenters. The van der Waals surface area contributed by atoms with Crippen molar-refractivity contribution < 1.29 is 24.5 Å². The lowest BCUT2D eigenvalue weighted by Gasteiger charge is -2.12. The molecule has 1 fully saturated rings. The molecule has 1 aliphatic heterocycles. The summed E-state index contributed by atoms with van der Waals surface area (Å²) < 4.78 is 0. The Balaban J connectivity index is 1.85. The van der Waals surface area contributed by atoms with Gasteiger partial charge < -0.3 is 5.11 Å². The minimum absolute atomic E-state index is 0.0513. The van der Waals surface area contributed by atoms with Crippen LogP contribution in [0.3, 0.4) is 0 Å². The molecule has 28 heavy (non-hydrogen) atoms. The Labute approximate surface area is 161 Å². The predicted octanol–water partition coefficient (Wildman–Crippen LogP) is 3.45. The van der Waals surface area contributed by atoms with Gasteiger partial charge in [-0.3, -0.25) is 34.7 Å². The monoisotopic (exact) mass is 401 g/mol. The number of nitro benzene ring substituents is 2. The van der Waals surface area contributed by atoms with Crippen LogP contribution in [0.1, 0.15) is 11.1 Å². The Morgan fingerprint density at radius 2 is 1.82 bits per heavy atom. The van der Waals surface area contributed by atoms with E-state index in [1.807, 2.05) is 0 Å². The summed E-state index contributed by atoms with van der Waals surface area (Å²) in [6.45, 7) is -0.139. The summed E-state index contributed by atoms with van der Waals surface area (Å²) in [6.07, 6.45) is 1.31. The van der Waals surface area contributed by atoms with Crippen LogP contribution in [0, 0.1) is 20.2 Å². The average molecular weight is 401 g/mol. The van der Waals surface area contributed by atoms with Crippen LogP contribution in [0.5, 0.6) is 5.75 Å². The highest BCUT2D eigenvalue weighted by Gasteiger charge is 2.35. The molecule has 0 bridgehead atoms. The van der Waals surface area contributed by atoms with Crippen LogP contribution in [0.15, 0.2) is 47.4 Å². The first-order valence-corrected chi connectivity index (χ1v) is 8.54. The van der Waals surface area contributed by atoms with Crippen molar-refractivity contribution in [2.24, 2.45) is 0 Å². The maximum Gasteiger partial charge on any atom is 0.311 e. The Bertz CT molecular complexity index is 1050. The molecule has 0 saturated carbocycles. The van der Waals surface area contributed by atoms with Crippen molar-refractivity contribution in [2.45, 2.75) is 6.54 Å². The number of phenolic OH excluding ortho intramolecular Hbond substituents is 1. The summed E-state index contributed by atoms with van der Waals surface area (Å²) in [4.78, 5) is 46.1. The number of hydrogen-bond acceptors (Lipinski definition) is 8. The van der Waals surface area contributed by atoms with Gasteiger partial charge in [0.25, 0.3) is 16.8 Å². The fourth-order valence-corrected chi connectivity index (χ4v) is 3.35. The summed E-state index contributed by atoms with van der Waals surface area (Å²) in [5, 5.41) is 30.7. The van der Waals surface area contributed by atoms with Crippen LogP contribution in [-0.2, 0) is 11.3 Å². The number of nitro groups is 2. The molecule has 0 atom stereocenters. The lowest BCUT2D eigenvalue weighted by atomic mass is 10.1. The highest BCUT2D eigenvalue weighted by atomic mass is 32.2. The van der Waals surface area contributed by atoms with Gasteiger partial charge in [0, 0.05) is 18.2 Å². The quantitative estimate of drug-likeness (QED) is 0.456. The zero-order valence-electron chi connectivity index (χ0n) is 14.0. The van der Waals surface area contributed by atoms with Crippen molar-refractivity contribution in [3.05, 3.63) is 78.7 Å². The van der Waals surface area contributed by atoms with Gasteiger partial charge in [0.05, 0.1) is 21.3 Å². The van der Waals surface area contributed by atoms with Crippen molar-refractivity contribution in [1.82, 2.24) is 4.90 Å². The number of rotatable bonds is 5. The molecule has 1 aliphatic rings. The summed E-state index contributed by atoms with van der Waals surface area (Å²) in [5.41, 5.74) is 0.00404. The second kappa shape index (κ2) is 7.48. The standard InChI is InChI=1S/C17H11N3O7S/c21-14-5-4-10(7-13(14)20(26)27)8-15-16(22)18(17(23)28-15)9-11-2-1-3-12(6-11)19(24)25/h1-8,21H,9H2/b15-8+. The zero-order chi connectivity index (χ0) is 20.4. The SMILES string of the molecule is O=C1S/C(=C/c2ccc(O)c([N+](=O)[O-])c2)C(=O)N1Cc1cccc([N+](=O)[O-])c1. The van der Waals surface area contributed by atoms with Crippen LogP contribution in [0.2, 0.25) is 0 Å². The van der Waals surface area contributed by atoms with E-state index in [2.05, 4.69) is 0 Å². The number of phenols is 1. The molecule has 1 N–H and O–H groups in total. The number of non-ortho nitro benzene ring substituents is 1. The first-order chi connectivity index (χ1) is 13.3. The third-order valence-electron chi connectivity index (χ3n) is 3.83. The number of thioether (sulfide) groups is 1. The van der Waals surface area contributed by atoms with Crippen LogP contribution in [0.25, 0.3) is 6.08 Å². The van der Waals surface area contributed by atoms with E-state index in [0.29, 0.717) is 17.3 Å². The number of hydrogen-bond donors (Lipinski definition) is 1. The van der Waals surface area contributed by atoms with Gasteiger partial charge in [-0.1, -0.05) is 18.2 Å². The maximum atomic E-state index is 12.5. The molecular formula is C17H11N3O7S. The number of nitrogens with zero attached hydrogens (tertiary/aromatic N) is 3. The lowest BCUT2D eigenvalue weighted by molar-refractivity contribution is -0.385. The van der Waals surface area contributed by atoms with Crippen LogP contribution < -0.4 is 0 Å². The molecule has 2 aromatic carbocycles. The number of benzene rings is 2. The predicted molar refractivity (Wildman–Crippen MR) is 99.4 cm³/mol. The minimum atomic E-state index is -0.763. The molecule has 0 aromatic heterocycles. The van der Waals surface area contributed by atoms with Crippen LogP contribution >= 0.6 is 11.8 Å². The summed E-state index contributed by atoms with van der Waals surface area (Å²) in [6, 6.07) is 9.17. The fourth-order valence-electron chi connectivity index (χ4n) is 2.52. The number of amides is 2. The summed E-state index contributed by atoms with van der Waals surface area (Å²) in [7, 11) is 0. The second-order valence-electron chi connectivity index (χ2n) is 5.70. The Morgan fingerprint density at radius 3 is 2.50 bits per heavy atom. The first kappa shape index (κ1) is 19.0. The van der Waals surface area contributed by atoms with Crippen LogP contribution in [0.4, 0.5) is 16.2 Å². The number of carbonyl (C=O) groups excluding carboxylic acids is 2. The van der Waals surface area contributed by atoms with Gasteiger partial charge in [-0.25, -0.2) is 0 Å². The van der Waals surface area contributed by atoms with E-state index in [1.54, 1.807) is 6.07 Å². The van der Waals surface area contributed by atoms with Gasteiger partial charge in [-0.05, 0) is 35.0 Å². The molecular weight excluding hydrogens is 390 g/mol. The number of carbonyl (C=O) groups is 2. The minimum Gasteiger partial charge on any atom is -0.502 e. The lowest BCUT2D eigenvalue weighted by Crippen LogP contribution is -2.27. The van der Waals surface area contributed by atoms with Crippen molar-refractivity contribution >= 4 is 40.4 Å². The molecule has 10 nitrogen and oxygen atoms in total. The number of imide groups is 1. The Hall–Kier alpha value is -3.73. The summed E-state index contributed by atoms with van der Waals surface area (Å²) >= 11 is 0.657. The van der Waals surface area contributed by atoms with Gasteiger partial charge >= 0.3 is 5.69 Å². The highest BCUT2D eigenvalue weighted by molar-refractivity contribution is 8.18. The maximum absolute atomic E-state index is 12.5. The van der Waals surface area contributed by atoms with E-state index in [-0.39, 0.29) is 22.7 Å². The third-order valence-corrected chi connectivity index (χ3v) is 4.74. The topological polar surface area (TPSA) is 144 Å².